The number of nitrogens with one attached hydrogen (secondary N) is 1. The third-order valence-electron chi connectivity index (χ3n) is 3.90. The van der Waals surface area contributed by atoms with Gasteiger partial charge in [-0.15, -0.1) is 0 Å². The van der Waals surface area contributed by atoms with E-state index in [4.69, 9.17) is 11.6 Å². The Morgan fingerprint density at radius 3 is 3.11 bits per heavy atom. The first-order valence-corrected chi connectivity index (χ1v) is 7.11. The standard InChI is InChI=1S/C14H18ClN3O/c15-11-4-5-14-17-12(8-18(14)7-11)6-16-13-3-1-2-10(13)9-19/h4-5,7-8,10,13,16,19H,1-3,6,9H2. The van der Waals surface area contributed by atoms with Crippen LogP contribution < -0.4 is 5.32 Å². The third kappa shape index (κ3) is 2.76. The van der Waals surface area contributed by atoms with Crippen molar-refractivity contribution in [3.8, 4) is 0 Å². The van der Waals surface area contributed by atoms with E-state index in [-0.39, 0.29) is 6.61 Å². The van der Waals surface area contributed by atoms with Crippen LogP contribution >= 0.6 is 11.6 Å². The summed E-state index contributed by atoms with van der Waals surface area (Å²) < 4.78 is 1.94. The summed E-state index contributed by atoms with van der Waals surface area (Å²) >= 11 is 5.95. The predicted octanol–water partition coefficient (Wildman–Crippen LogP) is 2.24. The number of nitrogens with zero attached hydrogens (tertiary/aromatic N) is 2. The Bertz CT molecular complexity index is 569. The molecule has 4 nitrogen and oxygen atoms in total. The highest BCUT2D eigenvalue weighted by atomic mass is 35.5. The summed E-state index contributed by atoms with van der Waals surface area (Å²) in [6.45, 7) is 1.01. The molecular weight excluding hydrogens is 262 g/mol. The van der Waals surface area contributed by atoms with Gasteiger partial charge in [0.25, 0.3) is 0 Å². The number of rotatable bonds is 4. The van der Waals surface area contributed by atoms with Crippen molar-refractivity contribution in [1.82, 2.24) is 14.7 Å². The van der Waals surface area contributed by atoms with Crippen molar-refractivity contribution in [2.24, 2.45) is 5.92 Å². The van der Waals surface area contributed by atoms with E-state index in [2.05, 4.69) is 10.3 Å². The molecule has 0 saturated heterocycles. The number of fused-ring (bicyclic) bond motifs is 1. The Morgan fingerprint density at radius 1 is 1.37 bits per heavy atom. The van der Waals surface area contributed by atoms with Crippen molar-refractivity contribution in [2.75, 3.05) is 6.61 Å². The van der Waals surface area contributed by atoms with Gasteiger partial charge in [0, 0.05) is 31.6 Å². The van der Waals surface area contributed by atoms with Gasteiger partial charge in [0.05, 0.1) is 10.7 Å². The number of imidazole rings is 1. The van der Waals surface area contributed by atoms with Gasteiger partial charge in [0.15, 0.2) is 0 Å². The first kappa shape index (κ1) is 12.9. The van der Waals surface area contributed by atoms with E-state index in [1.54, 1.807) is 0 Å². The van der Waals surface area contributed by atoms with E-state index in [0.29, 0.717) is 17.0 Å². The van der Waals surface area contributed by atoms with Crippen LogP contribution in [0.4, 0.5) is 0 Å². The maximum absolute atomic E-state index is 9.30. The highest BCUT2D eigenvalue weighted by molar-refractivity contribution is 6.30. The lowest BCUT2D eigenvalue weighted by Gasteiger charge is -2.18. The van der Waals surface area contributed by atoms with Crippen LogP contribution in [0.25, 0.3) is 5.65 Å². The summed E-state index contributed by atoms with van der Waals surface area (Å²) in [4.78, 5) is 4.54. The van der Waals surface area contributed by atoms with Crippen LogP contribution in [0.15, 0.2) is 24.5 Å². The van der Waals surface area contributed by atoms with Gasteiger partial charge in [-0.05, 0) is 30.9 Å². The zero-order valence-corrected chi connectivity index (χ0v) is 11.5. The number of hydrogen-bond acceptors (Lipinski definition) is 3. The average Bonchev–Trinajstić information content (AvgIpc) is 3.01. The number of hydrogen-bond donors (Lipinski definition) is 2. The van der Waals surface area contributed by atoms with Crippen molar-refractivity contribution in [3.63, 3.8) is 0 Å². The molecule has 2 unspecified atom stereocenters. The van der Waals surface area contributed by atoms with Crippen LogP contribution in [-0.4, -0.2) is 27.1 Å². The summed E-state index contributed by atoms with van der Waals surface area (Å²) in [6.07, 6.45) is 7.32. The minimum atomic E-state index is 0.276. The van der Waals surface area contributed by atoms with Crippen LogP contribution in [0.1, 0.15) is 25.0 Å². The van der Waals surface area contributed by atoms with E-state index >= 15 is 0 Å². The molecular formula is C14H18ClN3O. The zero-order valence-electron chi connectivity index (χ0n) is 10.7. The van der Waals surface area contributed by atoms with E-state index in [0.717, 1.165) is 30.7 Å². The Labute approximate surface area is 117 Å². The van der Waals surface area contributed by atoms with Crippen molar-refractivity contribution >= 4 is 17.2 Å². The molecule has 2 N–H and O–H groups in total. The lowest BCUT2D eigenvalue weighted by molar-refractivity contribution is 0.205. The van der Waals surface area contributed by atoms with E-state index < -0.39 is 0 Å². The molecule has 1 aliphatic rings. The lowest BCUT2D eigenvalue weighted by Crippen LogP contribution is -2.33. The topological polar surface area (TPSA) is 49.6 Å². The molecule has 19 heavy (non-hydrogen) atoms. The molecule has 2 atom stereocenters. The second kappa shape index (κ2) is 5.49. The molecule has 102 valence electrons. The highest BCUT2D eigenvalue weighted by Crippen LogP contribution is 2.25. The molecule has 2 heterocycles. The van der Waals surface area contributed by atoms with Crippen molar-refractivity contribution in [2.45, 2.75) is 31.8 Å². The second-order valence-electron chi connectivity index (χ2n) is 5.21. The third-order valence-corrected chi connectivity index (χ3v) is 4.13. The van der Waals surface area contributed by atoms with Crippen LogP contribution in [0, 0.1) is 5.92 Å². The minimum absolute atomic E-state index is 0.276. The van der Waals surface area contributed by atoms with E-state index in [1.165, 1.54) is 6.42 Å². The summed E-state index contributed by atoms with van der Waals surface area (Å²) in [7, 11) is 0. The summed E-state index contributed by atoms with van der Waals surface area (Å²) in [5, 5.41) is 13.5. The van der Waals surface area contributed by atoms with Gasteiger partial charge in [-0.2, -0.15) is 0 Å². The second-order valence-corrected chi connectivity index (χ2v) is 5.64. The first-order valence-electron chi connectivity index (χ1n) is 6.73. The van der Waals surface area contributed by atoms with Crippen molar-refractivity contribution in [1.29, 1.82) is 0 Å². The van der Waals surface area contributed by atoms with Crippen LogP contribution in [-0.2, 0) is 6.54 Å². The van der Waals surface area contributed by atoms with Gasteiger partial charge in [0.1, 0.15) is 5.65 Å². The highest BCUT2D eigenvalue weighted by Gasteiger charge is 2.25. The van der Waals surface area contributed by atoms with Crippen LogP contribution in [0.3, 0.4) is 0 Å². The summed E-state index contributed by atoms with van der Waals surface area (Å²) in [5.41, 5.74) is 1.91. The Morgan fingerprint density at radius 2 is 2.26 bits per heavy atom. The normalized spacial score (nSPS) is 23.3. The number of aromatic nitrogens is 2. The molecule has 2 aromatic heterocycles. The zero-order chi connectivity index (χ0) is 13.2. The van der Waals surface area contributed by atoms with Gasteiger partial charge in [0.2, 0.25) is 0 Å². The Kier molecular flexibility index (Phi) is 3.73. The first-order chi connectivity index (χ1) is 9.26. The number of aliphatic hydroxyl groups excluding tert-OH is 1. The fourth-order valence-corrected chi connectivity index (χ4v) is 3.03. The molecule has 1 saturated carbocycles. The molecule has 0 aromatic carbocycles. The predicted molar refractivity (Wildman–Crippen MR) is 75.3 cm³/mol. The van der Waals surface area contributed by atoms with Gasteiger partial charge in [-0.1, -0.05) is 18.0 Å². The van der Waals surface area contributed by atoms with Crippen molar-refractivity contribution < 1.29 is 5.11 Å². The average molecular weight is 280 g/mol. The molecule has 2 aromatic rings. The molecule has 0 bridgehead atoms. The van der Waals surface area contributed by atoms with Gasteiger partial charge in [-0.25, -0.2) is 4.98 Å². The van der Waals surface area contributed by atoms with Crippen molar-refractivity contribution in [3.05, 3.63) is 35.2 Å². The molecule has 0 spiro atoms. The maximum Gasteiger partial charge on any atom is 0.137 e. The quantitative estimate of drug-likeness (QED) is 0.902. The SMILES string of the molecule is OCC1CCCC1NCc1cn2cc(Cl)ccc2n1. The Hall–Kier alpha value is -1.10. The monoisotopic (exact) mass is 279 g/mol. The lowest BCUT2D eigenvalue weighted by atomic mass is 10.1. The number of pyridine rings is 1. The molecule has 3 rings (SSSR count). The maximum atomic E-state index is 9.30. The van der Waals surface area contributed by atoms with E-state index in [9.17, 15) is 5.11 Å². The minimum Gasteiger partial charge on any atom is -0.396 e. The smallest absolute Gasteiger partial charge is 0.137 e. The van der Waals surface area contributed by atoms with Crippen LogP contribution in [0.5, 0.6) is 0 Å². The summed E-state index contributed by atoms with van der Waals surface area (Å²) in [5.74, 6) is 0.395. The molecule has 1 aliphatic carbocycles. The molecule has 0 radical (unpaired) electrons. The summed E-state index contributed by atoms with van der Waals surface area (Å²) in [6, 6.07) is 4.18. The van der Waals surface area contributed by atoms with Crippen LogP contribution in [0.2, 0.25) is 5.02 Å². The van der Waals surface area contributed by atoms with Gasteiger partial charge < -0.3 is 14.8 Å². The molecule has 0 amide bonds. The van der Waals surface area contributed by atoms with Gasteiger partial charge >= 0.3 is 0 Å². The number of aliphatic hydroxyl groups is 1. The largest absolute Gasteiger partial charge is 0.396 e. The van der Waals surface area contributed by atoms with E-state index in [1.807, 2.05) is 28.9 Å². The fourth-order valence-electron chi connectivity index (χ4n) is 2.86. The Balaban J connectivity index is 1.68. The molecule has 0 aliphatic heterocycles. The number of halogens is 1. The van der Waals surface area contributed by atoms with Gasteiger partial charge in [-0.3, -0.25) is 0 Å². The molecule has 1 fully saturated rings. The molecule has 5 heteroatoms. The fraction of sp³-hybridized carbons (Fsp3) is 0.500.